The fourth-order valence-electron chi connectivity index (χ4n) is 2.94. The van der Waals surface area contributed by atoms with Gasteiger partial charge in [-0.15, -0.1) is 0 Å². The van der Waals surface area contributed by atoms with Gasteiger partial charge in [0.2, 0.25) is 21.9 Å². The van der Waals surface area contributed by atoms with Crippen LogP contribution in [0.1, 0.15) is 30.7 Å². The Labute approximate surface area is 171 Å². The second-order valence-corrected chi connectivity index (χ2v) is 9.24. The summed E-state index contributed by atoms with van der Waals surface area (Å²) in [7, 11) is 0.165. The number of benzene rings is 1. The van der Waals surface area contributed by atoms with E-state index in [1.54, 1.807) is 29.2 Å². The fourth-order valence-corrected chi connectivity index (χ4v) is 4.14. The van der Waals surface area contributed by atoms with Gasteiger partial charge in [0.05, 0.1) is 12.3 Å². The van der Waals surface area contributed by atoms with E-state index in [1.165, 1.54) is 6.42 Å². The van der Waals surface area contributed by atoms with E-state index in [4.69, 9.17) is 11.6 Å². The number of rotatable bonds is 7. The Bertz CT molecular complexity index is 899. The van der Waals surface area contributed by atoms with Gasteiger partial charge in [-0.25, -0.2) is 13.1 Å². The van der Waals surface area contributed by atoms with Crippen molar-refractivity contribution in [1.29, 1.82) is 0 Å². The van der Waals surface area contributed by atoms with Crippen molar-refractivity contribution in [3.05, 3.63) is 40.7 Å². The van der Waals surface area contributed by atoms with E-state index in [2.05, 4.69) is 24.6 Å². The smallest absolute Gasteiger partial charge is 0.230 e. The van der Waals surface area contributed by atoms with Crippen molar-refractivity contribution in [3.8, 4) is 0 Å². The average Bonchev–Trinajstić information content (AvgIpc) is 2.68. The number of nitrogens with one attached hydrogen (secondary N) is 1. The molecule has 28 heavy (non-hydrogen) atoms. The van der Waals surface area contributed by atoms with Crippen molar-refractivity contribution in [3.63, 3.8) is 0 Å². The van der Waals surface area contributed by atoms with Crippen LogP contribution >= 0.6 is 11.6 Å². The highest BCUT2D eigenvalue weighted by Crippen LogP contribution is 2.18. The topological polar surface area (TPSA) is 91.3 Å². The van der Waals surface area contributed by atoms with Crippen LogP contribution in [0.25, 0.3) is 0 Å². The molecule has 0 atom stereocenters. The Morgan fingerprint density at radius 2 is 1.75 bits per heavy atom. The second kappa shape index (κ2) is 9.02. The number of piperidine rings is 1. The Hall–Kier alpha value is -1.97. The Kier molecular flexibility index (Phi) is 6.69. The van der Waals surface area contributed by atoms with E-state index < -0.39 is 10.0 Å². The lowest BCUT2D eigenvalue weighted by molar-refractivity contribution is 0.563. The lowest BCUT2D eigenvalue weighted by Crippen LogP contribution is -2.33. The molecular weight excluding hydrogens is 400 g/mol. The highest BCUT2D eigenvalue weighted by molar-refractivity contribution is 7.88. The van der Waals surface area contributed by atoms with Gasteiger partial charge >= 0.3 is 0 Å². The summed E-state index contributed by atoms with van der Waals surface area (Å²) >= 11 is 5.85. The molecule has 0 amide bonds. The van der Waals surface area contributed by atoms with Crippen molar-refractivity contribution in [2.24, 2.45) is 0 Å². The maximum atomic E-state index is 12.4. The van der Waals surface area contributed by atoms with E-state index in [-0.39, 0.29) is 12.3 Å². The van der Waals surface area contributed by atoms with Gasteiger partial charge in [0.25, 0.3) is 0 Å². The van der Waals surface area contributed by atoms with Crippen molar-refractivity contribution in [2.45, 2.75) is 31.6 Å². The van der Waals surface area contributed by atoms with Gasteiger partial charge in [-0.1, -0.05) is 23.7 Å². The number of anilines is 2. The van der Waals surface area contributed by atoms with Crippen LogP contribution in [-0.4, -0.2) is 50.6 Å². The van der Waals surface area contributed by atoms with E-state index >= 15 is 0 Å². The predicted molar refractivity (Wildman–Crippen MR) is 111 cm³/mol. The lowest BCUT2D eigenvalue weighted by Gasteiger charge is -2.27. The highest BCUT2D eigenvalue weighted by Gasteiger charge is 2.18. The zero-order valence-electron chi connectivity index (χ0n) is 16.1. The highest BCUT2D eigenvalue weighted by atomic mass is 35.5. The maximum absolute atomic E-state index is 12.4. The van der Waals surface area contributed by atoms with Gasteiger partial charge in [-0.05, 0) is 37.0 Å². The van der Waals surface area contributed by atoms with Gasteiger partial charge in [0.15, 0.2) is 5.82 Å². The largest absolute Gasteiger partial charge is 0.347 e. The molecular formula is C18H25ClN6O2S. The summed E-state index contributed by atoms with van der Waals surface area (Å²) < 4.78 is 27.4. The molecule has 2 heterocycles. The van der Waals surface area contributed by atoms with Crippen LogP contribution in [0.2, 0.25) is 5.02 Å². The Morgan fingerprint density at radius 1 is 1.07 bits per heavy atom. The SMILES string of the molecule is CN(C)c1nc(CNS(=O)(=O)Cc2ccc(Cl)cc2)nc(N2CCCCC2)n1. The zero-order chi connectivity index (χ0) is 20.1. The predicted octanol–water partition coefficient (Wildman–Crippen LogP) is 2.20. The average molecular weight is 425 g/mol. The molecule has 0 bridgehead atoms. The number of aromatic nitrogens is 3. The maximum Gasteiger partial charge on any atom is 0.230 e. The first-order valence-corrected chi connectivity index (χ1v) is 11.2. The molecule has 1 aromatic heterocycles. The van der Waals surface area contributed by atoms with Crippen LogP contribution in [0.3, 0.4) is 0 Å². The summed E-state index contributed by atoms with van der Waals surface area (Å²) in [6.07, 6.45) is 3.41. The molecule has 1 saturated heterocycles. The Morgan fingerprint density at radius 3 is 2.39 bits per heavy atom. The summed E-state index contributed by atoms with van der Waals surface area (Å²) in [5.74, 6) is 1.39. The molecule has 1 N–H and O–H groups in total. The van der Waals surface area contributed by atoms with Crippen LogP contribution < -0.4 is 14.5 Å². The quantitative estimate of drug-likeness (QED) is 0.728. The molecule has 1 aromatic carbocycles. The minimum absolute atomic E-state index is 0.0140. The molecule has 3 rings (SSSR count). The Balaban J connectivity index is 1.73. The zero-order valence-corrected chi connectivity index (χ0v) is 17.7. The van der Waals surface area contributed by atoms with Gasteiger partial charge in [-0.3, -0.25) is 0 Å². The van der Waals surface area contributed by atoms with Crippen LogP contribution in [0.15, 0.2) is 24.3 Å². The second-order valence-electron chi connectivity index (χ2n) is 7.00. The van der Waals surface area contributed by atoms with Gasteiger partial charge in [-0.2, -0.15) is 15.0 Å². The van der Waals surface area contributed by atoms with Crippen LogP contribution in [0.5, 0.6) is 0 Å². The molecule has 10 heteroatoms. The number of nitrogens with zero attached hydrogens (tertiary/aromatic N) is 5. The van der Waals surface area contributed by atoms with Crippen LogP contribution in [0, 0.1) is 0 Å². The molecule has 2 aromatic rings. The summed E-state index contributed by atoms with van der Waals surface area (Å²) in [5, 5.41) is 0.570. The van der Waals surface area contributed by atoms with E-state index in [0.717, 1.165) is 25.9 Å². The molecule has 0 radical (unpaired) electrons. The number of hydrogen-bond acceptors (Lipinski definition) is 7. The number of halogens is 1. The summed E-state index contributed by atoms with van der Waals surface area (Å²) in [5.41, 5.74) is 0.663. The molecule has 1 fully saturated rings. The molecule has 8 nitrogen and oxygen atoms in total. The summed E-state index contributed by atoms with van der Waals surface area (Å²) in [4.78, 5) is 17.3. The number of sulfonamides is 1. The monoisotopic (exact) mass is 424 g/mol. The first-order valence-electron chi connectivity index (χ1n) is 9.21. The van der Waals surface area contributed by atoms with Crippen molar-refractivity contribution in [2.75, 3.05) is 37.0 Å². The van der Waals surface area contributed by atoms with Crippen LogP contribution in [0.4, 0.5) is 11.9 Å². The third-order valence-corrected chi connectivity index (χ3v) is 5.97. The normalized spacial score (nSPS) is 14.9. The van der Waals surface area contributed by atoms with Gasteiger partial charge < -0.3 is 9.80 Å². The molecule has 0 aliphatic carbocycles. The van der Waals surface area contributed by atoms with Crippen molar-refractivity contribution >= 4 is 33.5 Å². The van der Waals surface area contributed by atoms with Crippen LogP contribution in [-0.2, 0) is 22.3 Å². The molecule has 1 aliphatic heterocycles. The van der Waals surface area contributed by atoms with Gasteiger partial charge in [0.1, 0.15) is 0 Å². The third kappa shape index (κ3) is 5.76. The minimum atomic E-state index is -3.54. The van der Waals surface area contributed by atoms with Crippen molar-refractivity contribution in [1.82, 2.24) is 19.7 Å². The van der Waals surface area contributed by atoms with E-state index in [0.29, 0.717) is 28.3 Å². The molecule has 0 unspecified atom stereocenters. The first-order chi connectivity index (χ1) is 13.3. The number of hydrogen-bond donors (Lipinski definition) is 1. The third-order valence-electron chi connectivity index (χ3n) is 4.42. The van der Waals surface area contributed by atoms with E-state index in [9.17, 15) is 8.42 Å². The fraction of sp³-hybridized carbons (Fsp3) is 0.500. The van der Waals surface area contributed by atoms with E-state index in [1.807, 2.05) is 14.1 Å². The molecule has 152 valence electrons. The standard InChI is InChI=1S/C18H25ClN6O2S/c1-24(2)17-21-16(22-18(23-17)25-10-4-3-5-11-25)12-20-28(26,27)13-14-6-8-15(19)9-7-14/h6-9,20H,3-5,10-13H2,1-2H3. The van der Waals surface area contributed by atoms with Crippen molar-refractivity contribution < 1.29 is 8.42 Å². The summed E-state index contributed by atoms with van der Waals surface area (Å²) in [6.45, 7) is 1.82. The molecule has 0 saturated carbocycles. The lowest BCUT2D eigenvalue weighted by atomic mass is 10.1. The molecule has 1 aliphatic rings. The first kappa shape index (κ1) is 20.8. The summed E-state index contributed by atoms with van der Waals surface area (Å²) in [6, 6.07) is 6.74. The minimum Gasteiger partial charge on any atom is -0.347 e. The van der Waals surface area contributed by atoms with Gasteiger partial charge in [0, 0.05) is 32.2 Å². The molecule has 0 spiro atoms.